The fourth-order valence-electron chi connectivity index (χ4n) is 3.67. The van der Waals surface area contributed by atoms with E-state index in [0.29, 0.717) is 28.8 Å². The summed E-state index contributed by atoms with van der Waals surface area (Å²) in [4.78, 5) is 12.7. The van der Waals surface area contributed by atoms with Crippen molar-refractivity contribution in [1.82, 2.24) is 19.2 Å². The van der Waals surface area contributed by atoms with Crippen molar-refractivity contribution in [3.8, 4) is 5.75 Å². The number of fused-ring (bicyclic) bond motifs is 3. The number of nitrogens with zero attached hydrogens (tertiary/aromatic N) is 4. The van der Waals surface area contributed by atoms with E-state index in [4.69, 9.17) is 4.74 Å². The number of hydrogen-bond acceptors (Lipinski definition) is 5. The maximum absolute atomic E-state index is 13.3. The lowest BCUT2D eigenvalue weighted by Gasteiger charge is -2.05. The molecule has 0 radical (unpaired) electrons. The Kier molecular flexibility index (Phi) is 5.36. The van der Waals surface area contributed by atoms with Crippen LogP contribution in [0.4, 0.5) is 4.39 Å². The third kappa shape index (κ3) is 3.73. The topological polar surface area (TPSA) is 61.4 Å². The lowest BCUT2D eigenvalue weighted by Crippen LogP contribution is -2.03. The third-order valence-electron chi connectivity index (χ3n) is 5.25. The van der Waals surface area contributed by atoms with Gasteiger partial charge in [0.25, 0.3) is 0 Å². The zero-order valence-electron chi connectivity index (χ0n) is 17.2. The number of carbonyl (C=O) groups excluding carboxylic acids is 1. The van der Waals surface area contributed by atoms with Gasteiger partial charge in [0.2, 0.25) is 5.78 Å². The van der Waals surface area contributed by atoms with Gasteiger partial charge in [0.1, 0.15) is 11.6 Å². The van der Waals surface area contributed by atoms with Crippen LogP contribution in [0.3, 0.4) is 0 Å². The van der Waals surface area contributed by atoms with Gasteiger partial charge in [0.15, 0.2) is 10.9 Å². The number of imidazole rings is 1. The van der Waals surface area contributed by atoms with E-state index in [2.05, 4.69) is 10.2 Å². The lowest BCUT2D eigenvalue weighted by molar-refractivity contribution is 0.102. The minimum atomic E-state index is -0.266. The molecule has 0 bridgehead atoms. The van der Waals surface area contributed by atoms with Crippen LogP contribution in [-0.2, 0) is 6.54 Å². The highest BCUT2D eigenvalue weighted by atomic mass is 32.2. The second kappa shape index (κ2) is 8.47. The second-order valence-electron chi connectivity index (χ2n) is 7.26. The van der Waals surface area contributed by atoms with E-state index in [-0.39, 0.29) is 17.4 Å². The summed E-state index contributed by atoms with van der Waals surface area (Å²) < 4.78 is 22.5. The predicted octanol–water partition coefficient (Wildman–Crippen LogP) is 4.86. The van der Waals surface area contributed by atoms with Crippen LogP contribution in [0.5, 0.6) is 5.75 Å². The molecule has 0 aliphatic carbocycles. The molecule has 5 aromatic rings. The van der Waals surface area contributed by atoms with Crippen molar-refractivity contribution in [1.29, 1.82) is 0 Å². The van der Waals surface area contributed by atoms with Crippen molar-refractivity contribution in [2.45, 2.75) is 11.7 Å². The summed E-state index contributed by atoms with van der Waals surface area (Å²) in [6, 6.07) is 21.5. The fourth-order valence-corrected chi connectivity index (χ4v) is 4.50. The molecule has 0 spiro atoms. The number of halogens is 1. The van der Waals surface area contributed by atoms with Crippen LogP contribution in [0.25, 0.3) is 16.8 Å². The molecule has 0 aliphatic heterocycles. The maximum atomic E-state index is 13.3. The van der Waals surface area contributed by atoms with Crippen LogP contribution in [0, 0.1) is 5.82 Å². The molecule has 0 aliphatic rings. The minimum absolute atomic E-state index is 0.0132. The van der Waals surface area contributed by atoms with Gasteiger partial charge in [-0.05, 0) is 42.0 Å². The maximum Gasteiger partial charge on any atom is 0.237 e. The Hall–Kier alpha value is -3.65. The molecule has 32 heavy (non-hydrogen) atoms. The van der Waals surface area contributed by atoms with Crippen LogP contribution in [0.2, 0.25) is 0 Å². The van der Waals surface area contributed by atoms with Crippen LogP contribution >= 0.6 is 11.8 Å². The van der Waals surface area contributed by atoms with E-state index < -0.39 is 0 Å². The quantitative estimate of drug-likeness (QED) is 0.264. The van der Waals surface area contributed by atoms with Gasteiger partial charge in [-0.2, -0.15) is 0 Å². The molecule has 0 fully saturated rings. The van der Waals surface area contributed by atoms with Gasteiger partial charge in [-0.15, -0.1) is 10.2 Å². The van der Waals surface area contributed by atoms with Crippen LogP contribution in [-0.4, -0.2) is 37.8 Å². The summed E-state index contributed by atoms with van der Waals surface area (Å²) >= 11 is 1.35. The summed E-state index contributed by atoms with van der Waals surface area (Å²) in [6.07, 6.45) is 0. The summed E-state index contributed by atoms with van der Waals surface area (Å²) in [7, 11) is 1.58. The van der Waals surface area contributed by atoms with Crippen molar-refractivity contribution in [2.24, 2.45) is 0 Å². The Bertz CT molecular complexity index is 1430. The summed E-state index contributed by atoms with van der Waals surface area (Å²) in [5.41, 5.74) is 3.49. The second-order valence-corrected chi connectivity index (χ2v) is 8.21. The third-order valence-corrected chi connectivity index (χ3v) is 6.18. The van der Waals surface area contributed by atoms with Gasteiger partial charge in [0, 0.05) is 5.56 Å². The van der Waals surface area contributed by atoms with Crippen molar-refractivity contribution >= 4 is 34.4 Å². The molecular weight excluding hydrogens is 427 g/mol. The van der Waals surface area contributed by atoms with Crippen LogP contribution in [0.1, 0.15) is 15.9 Å². The molecule has 8 heteroatoms. The summed E-state index contributed by atoms with van der Waals surface area (Å²) in [5, 5.41) is 9.38. The van der Waals surface area contributed by atoms with Gasteiger partial charge < -0.3 is 9.30 Å². The molecule has 0 N–H and O–H groups in total. The van der Waals surface area contributed by atoms with E-state index in [0.717, 1.165) is 16.6 Å². The monoisotopic (exact) mass is 446 g/mol. The van der Waals surface area contributed by atoms with E-state index in [1.165, 1.54) is 23.9 Å². The molecule has 2 aromatic heterocycles. The number of para-hydroxylation sites is 2. The van der Waals surface area contributed by atoms with Crippen molar-refractivity contribution in [3.05, 3.63) is 89.7 Å². The number of rotatable bonds is 7. The zero-order valence-corrected chi connectivity index (χ0v) is 18.1. The standard InChI is InChI=1S/C24H19FN4O2S/c1-31-19-6-4-5-17(13-19)22(30)15-32-24-27-26-23-28(14-16-9-11-18(25)12-10-16)20-7-2-3-8-21(20)29(23)24/h2-13H,14-15H2,1H3. The molecule has 3 aromatic carbocycles. The van der Waals surface area contributed by atoms with Crippen molar-refractivity contribution in [2.75, 3.05) is 12.9 Å². The Morgan fingerprint density at radius 1 is 1.00 bits per heavy atom. The molecule has 0 amide bonds. The number of Topliss-reactive ketones (excluding diaryl/α,β-unsaturated/α-hetero) is 1. The molecule has 0 saturated carbocycles. The van der Waals surface area contributed by atoms with Crippen molar-refractivity contribution in [3.63, 3.8) is 0 Å². The Balaban J connectivity index is 1.47. The number of ketones is 1. The van der Waals surface area contributed by atoms with Gasteiger partial charge in [0.05, 0.1) is 30.4 Å². The minimum Gasteiger partial charge on any atom is -0.497 e. The molecule has 6 nitrogen and oxygen atoms in total. The van der Waals surface area contributed by atoms with Crippen LogP contribution < -0.4 is 4.74 Å². The number of aromatic nitrogens is 4. The number of ether oxygens (including phenoxy) is 1. The van der Waals surface area contributed by atoms with Crippen molar-refractivity contribution < 1.29 is 13.9 Å². The number of thioether (sulfide) groups is 1. The highest BCUT2D eigenvalue weighted by Gasteiger charge is 2.18. The van der Waals surface area contributed by atoms with E-state index in [1.807, 2.05) is 39.3 Å². The molecule has 2 heterocycles. The number of methoxy groups -OCH3 is 1. The highest BCUT2D eigenvalue weighted by molar-refractivity contribution is 7.99. The average molecular weight is 447 g/mol. The Labute approximate surface area is 187 Å². The Morgan fingerprint density at radius 3 is 2.56 bits per heavy atom. The first kappa shape index (κ1) is 20.3. The predicted molar refractivity (Wildman–Crippen MR) is 122 cm³/mol. The highest BCUT2D eigenvalue weighted by Crippen LogP contribution is 2.27. The van der Waals surface area contributed by atoms with Gasteiger partial charge in [-0.1, -0.05) is 48.2 Å². The van der Waals surface area contributed by atoms with Gasteiger partial charge >= 0.3 is 0 Å². The van der Waals surface area contributed by atoms with Crippen LogP contribution in [0.15, 0.2) is 78.0 Å². The first-order valence-corrected chi connectivity index (χ1v) is 11.0. The fraction of sp³-hybridized carbons (Fsp3) is 0.125. The van der Waals surface area contributed by atoms with Gasteiger partial charge in [-0.3, -0.25) is 9.20 Å². The molecule has 5 rings (SSSR count). The molecule has 0 atom stereocenters. The average Bonchev–Trinajstić information content (AvgIpc) is 3.38. The van der Waals surface area contributed by atoms with Gasteiger partial charge in [-0.25, -0.2) is 4.39 Å². The first-order valence-electron chi connectivity index (χ1n) is 10.0. The Morgan fingerprint density at radius 2 is 1.78 bits per heavy atom. The number of hydrogen-bond donors (Lipinski definition) is 0. The largest absolute Gasteiger partial charge is 0.497 e. The SMILES string of the molecule is COc1cccc(C(=O)CSc2nnc3n(Cc4ccc(F)cc4)c4ccccc4n23)c1. The summed E-state index contributed by atoms with van der Waals surface area (Å²) in [5.74, 6) is 1.27. The molecule has 160 valence electrons. The number of benzene rings is 3. The molecule has 0 saturated heterocycles. The first-order chi connectivity index (χ1) is 15.6. The molecular formula is C24H19FN4O2S. The van der Waals surface area contributed by atoms with E-state index in [9.17, 15) is 9.18 Å². The molecule has 0 unspecified atom stereocenters. The lowest BCUT2D eigenvalue weighted by atomic mass is 10.1. The smallest absolute Gasteiger partial charge is 0.237 e. The van der Waals surface area contributed by atoms with E-state index in [1.54, 1.807) is 37.4 Å². The zero-order chi connectivity index (χ0) is 22.1. The van der Waals surface area contributed by atoms with E-state index >= 15 is 0 Å². The normalized spacial score (nSPS) is 11.3. The number of carbonyl (C=O) groups is 1. The summed E-state index contributed by atoms with van der Waals surface area (Å²) in [6.45, 7) is 0.531.